The van der Waals surface area contributed by atoms with E-state index in [1.165, 1.54) is 12.3 Å². The van der Waals surface area contributed by atoms with Crippen LogP contribution in [0, 0.1) is 12.7 Å². The van der Waals surface area contributed by atoms with E-state index in [2.05, 4.69) is 15.2 Å². The van der Waals surface area contributed by atoms with Crippen molar-refractivity contribution in [1.29, 1.82) is 0 Å². The lowest BCUT2D eigenvalue weighted by Crippen LogP contribution is -2.00. The van der Waals surface area contributed by atoms with Crippen LogP contribution < -0.4 is 0 Å². The number of halogens is 1. The number of hydrogen-bond donors (Lipinski definition) is 2. The van der Waals surface area contributed by atoms with Gasteiger partial charge < -0.3 is 5.11 Å². The van der Waals surface area contributed by atoms with E-state index in [0.29, 0.717) is 22.9 Å². The monoisotopic (exact) mass is 427 g/mol. The van der Waals surface area contributed by atoms with Gasteiger partial charge in [0, 0.05) is 24.0 Å². The van der Waals surface area contributed by atoms with Gasteiger partial charge in [-0.3, -0.25) is 10.1 Å². The summed E-state index contributed by atoms with van der Waals surface area (Å²) < 4.78 is 15.7. The van der Waals surface area contributed by atoms with Crippen molar-refractivity contribution in [3.05, 3.63) is 101 Å². The molecule has 0 aliphatic rings. The summed E-state index contributed by atoms with van der Waals surface area (Å²) in [6, 6.07) is 13.0. The van der Waals surface area contributed by atoms with E-state index >= 15 is 4.39 Å². The van der Waals surface area contributed by atoms with Crippen LogP contribution in [-0.2, 0) is 4.79 Å². The van der Waals surface area contributed by atoms with Gasteiger partial charge in [0.2, 0.25) is 0 Å². The summed E-state index contributed by atoms with van der Waals surface area (Å²) in [5.41, 5.74) is 6.52. The Bertz CT molecular complexity index is 1350. The number of aromatic amines is 1. The first-order valence-corrected chi connectivity index (χ1v) is 10.3. The number of carboxylic acid groups (broad SMARTS) is 1. The van der Waals surface area contributed by atoms with Crippen LogP contribution in [0.2, 0.25) is 0 Å². The van der Waals surface area contributed by atoms with Gasteiger partial charge in [-0.15, -0.1) is 0 Å². The topological polar surface area (TPSA) is 78.9 Å². The molecule has 0 aliphatic carbocycles. The van der Waals surface area contributed by atoms with E-state index in [-0.39, 0.29) is 5.82 Å². The quantitative estimate of drug-likeness (QED) is 0.377. The van der Waals surface area contributed by atoms with Crippen molar-refractivity contribution < 1.29 is 14.3 Å². The molecule has 2 N–H and O–H groups in total. The molecule has 0 saturated heterocycles. The molecular weight excluding hydrogens is 405 g/mol. The van der Waals surface area contributed by atoms with Crippen molar-refractivity contribution in [1.82, 2.24) is 15.2 Å². The van der Waals surface area contributed by atoms with Gasteiger partial charge in [0.1, 0.15) is 5.82 Å². The Morgan fingerprint density at radius 2 is 1.88 bits per heavy atom. The number of H-pyrrole nitrogens is 1. The Balaban J connectivity index is 1.97. The fraction of sp³-hybridized carbons (Fsp3) is 0.115. The molecule has 4 aromatic rings. The minimum absolute atomic E-state index is 0.334. The summed E-state index contributed by atoms with van der Waals surface area (Å²) in [6.07, 6.45) is 8.35. The van der Waals surface area contributed by atoms with E-state index in [0.717, 1.165) is 39.5 Å². The molecule has 160 valence electrons. The number of nitrogens with one attached hydrogen (secondary N) is 1. The second-order valence-corrected chi connectivity index (χ2v) is 7.45. The van der Waals surface area contributed by atoms with E-state index in [1.54, 1.807) is 18.5 Å². The van der Waals surface area contributed by atoms with E-state index < -0.39 is 5.97 Å². The Morgan fingerprint density at radius 1 is 1.09 bits per heavy atom. The third kappa shape index (κ3) is 4.07. The third-order valence-electron chi connectivity index (χ3n) is 5.45. The summed E-state index contributed by atoms with van der Waals surface area (Å²) in [4.78, 5) is 15.0. The molecule has 0 saturated carbocycles. The number of aliphatic carboxylic acids is 1. The zero-order chi connectivity index (χ0) is 22.7. The lowest BCUT2D eigenvalue weighted by Gasteiger charge is -2.18. The molecule has 0 bridgehead atoms. The largest absolute Gasteiger partial charge is 0.478 e. The molecule has 0 amide bonds. The zero-order valence-electron chi connectivity index (χ0n) is 17.8. The molecule has 32 heavy (non-hydrogen) atoms. The predicted molar refractivity (Wildman–Crippen MR) is 124 cm³/mol. The lowest BCUT2D eigenvalue weighted by molar-refractivity contribution is -0.131. The SMILES string of the molecule is CC/C(=C(/c1ccc(/C=C/C(=O)O)cc1)c1ccc2[nH]ncc2c1F)c1ccncc1C. The number of nitrogens with zero attached hydrogens (tertiary/aromatic N) is 2. The van der Waals surface area contributed by atoms with Crippen molar-refractivity contribution in [3.8, 4) is 0 Å². The number of rotatable bonds is 6. The van der Waals surface area contributed by atoms with Crippen LogP contribution in [0.1, 0.15) is 41.2 Å². The van der Waals surface area contributed by atoms with Crippen LogP contribution in [0.25, 0.3) is 28.1 Å². The molecule has 0 spiro atoms. The summed E-state index contributed by atoms with van der Waals surface area (Å²) in [5.74, 6) is -1.34. The van der Waals surface area contributed by atoms with Crippen LogP contribution in [0.4, 0.5) is 4.39 Å². The highest BCUT2D eigenvalue weighted by Gasteiger charge is 2.19. The highest BCUT2D eigenvalue weighted by atomic mass is 19.1. The minimum atomic E-state index is -1.01. The van der Waals surface area contributed by atoms with Gasteiger partial charge in [0.05, 0.1) is 17.1 Å². The maximum atomic E-state index is 15.7. The van der Waals surface area contributed by atoms with Gasteiger partial charge in [-0.25, -0.2) is 9.18 Å². The Hall–Kier alpha value is -4.06. The van der Waals surface area contributed by atoms with E-state index in [1.807, 2.05) is 50.2 Å². The fourth-order valence-electron chi connectivity index (χ4n) is 3.91. The van der Waals surface area contributed by atoms with Crippen LogP contribution in [0.15, 0.2) is 67.1 Å². The number of allylic oxidation sites excluding steroid dienone is 1. The third-order valence-corrected chi connectivity index (χ3v) is 5.45. The van der Waals surface area contributed by atoms with Crippen LogP contribution in [-0.4, -0.2) is 26.3 Å². The van der Waals surface area contributed by atoms with E-state index in [4.69, 9.17) is 5.11 Å². The number of pyridine rings is 1. The zero-order valence-corrected chi connectivity index (χ0v) is 17.8. The average Bonchev–Trinajstić information content (AvgIpc) is 3.28. The molecule has 0 fully saturated rings. The Labute approximate surface area is 185 Å². The van der Waals surface area contributed by atoms with Crippen molar-refractivity contribution in [2.24, 2.45) is 0 Å². The molecule has 2 heterocycles. The fourth-order valence-corrected chi connectivity index (χ4v) is 3.91. The maximum absolute atomic E-state index is 15.7. The number of fused-ring (bicyclic) bond motifs is 1. The van der Waals surface area contributed by atoms with Crippen LogP contribution in [0.3, 0.4) is 0 Å². The number of aromatic nitrogens is 3. The molecule has 6 heteroatoms. The molecule has 0 aliphatic heterocycles. The highest BCUT2D eigenvalue weighted by molar-refractivity contribution is 6.01. The van der Waals surface area contributed by atoms with Gasteiger partial charge in [0.15, 0.2) is 0 Å². The van der Waals surface area contributed by atoms with Crippen LogP contribution >= 0.6 is 0 Å². The highest BCUT2D eigenvalue weighted by Crippen LogP contribution is 2.38. The number of hydrogen-bond acceptors (Lipinski definition) is 3. The first kappa shape index (κ1) is 21.2. The first-order valence-electron chi connectivity index (χ1n) is 10.3. The Kier molecular flexibility index (Phi) is 5.94. The number of carbonyl (C=O) groups is 1. The van der Waals surface area contributed by atoms with Crippen molar-refractivity contribution in [3.63, 3.8) is 0 Å². The van der Waals surface area contributed by atoms with Crippen molar-refractivity contribution >= 4 is 34.1 Å². The van der Waals surface area contributed by atoms with E-state index in [9.17, 15) is 4.79 Å². The molecular formula is C26H22FN3O2. The summed E-state index contributed by atoms with van der Waals surface area (Å²) in [7, 11) is 0. The number of benzene rings is 2. The minimum Gasteiger partial charge on any atom is -0.478 e. The summed E-state index contributed by atoms with van der Waals surface area (Å²) in [6.45, 7) is 4.04. The van der Waals surface area contributed by atoms with Gasteiger partial charge in [-0.2, -0.15) is 5.10 Å². The molecule has 5 nitrogen and oxygen atoms in total. The smallest absolute Gasteiger partial charge is 0.328 e. The predicted octanol–water partition coefficient (Wildman–Crippen LogP) is 5.87. The second kappa shape index (κ2) is 8.98. The normalized spacial score (nSPS) is 12.3. The second-order valence-electron chi connectivity index (χ2n) is 7.45. The first-order chi connectivity index (χ1) is 15.5. The molecule has 0 radical (unpaired) electrons. The van der Waals surface area contributed by atoms with Crippen molar-refractivity contribution in [2.45, 2.75) is 20.3 Å². The van der Waals surface area contributed by atoms with Gasteiger partial charge in [-0.05, 0) is 71.0 Å². The molecule has 0 unspecified atom stereocenters. The van der Waals surface area contributed by atoms with Gasteiger partial charge in [-0.1, -0.05) is 31.2 Å². The number of aryl methyl sites for hydroxylation is 1. The summed E-state index contributed by atoms with van der Waals surface area (Å²) in [5, 5.41) is 16.1. The molecule has 0 atom stereocenters. The molecule has 2 aromatic carbocycles. The van der Waals surface area contributed by atoms with Gasteiger partial charge >= 0.3 is 5.97 Å². The van der Waals surface area contributed by atoms with Crippen molar-refractivity contribution in [2.75, 3.05) is 0 Å². The maximum Gasteiger partial charge on any atom is 0.328 e. The Morgan fingerprint density at radius 3 is 2.56 bits per heavy atom. The summed E-state index contributed by atoms with van der Waals surface area (Å²) >= 11 is 0. The number of carboxylic acids is 1. The molecule has 4 rings (SSSR count). The standard InChI is InChI=1S/C26H22FN3O2/c1-3-19(20-12-13-28-14-16(20)2)25(18-7-4-17(5-8-18)6-11-24(31)32)21-9-10-23-22(26(21)27)15-29-30-23/h4-15H,3H2,1-2H3,(H,29,30)(H,31,32)/b11-6+,25-19+. The molecule has 2 aromatic heterocycles. The lowest BCUT2D eigenvalue weighted by atomic mass is 9.86. The van der Waals surface area contributed by atoms with Crippen LogP contribution in [0.5, 0.6) is 0 Å². The average molecular weight is 427 g/mol. The van der Waals surface area contributed by atoms with Gasteiger partial charge in [0.25, 0.3) is 0 Å².